The van der Waals surface area contributed by atoms with Crippen molar-refractivity contribution in [2.75, 3.05) is 14.2 Å². The minimum absolute atomic E-state index is 0.0348. The highest BCUT2D eigenvalue weighted by Gasteiger charge is 2.32. The van der Waals surface area contributed by atoms with E-state index in [1.54, 1.807) is 14.0 Å². The van der Waals surface area contributed by atoms with Crippen molar-refractivity contribution in [3.05, 3.63) is 87.8 Å². The highest BCUT2D eigenvalue weighted by molar-refractivity contribution is 7.21. The number of benzene rings is 3. The first-order valence-electron chi connectivity index (χ1n) is 13.3. The highest BCUT2D eigenvalue weighted by Crippen LogP contribution is 2.38. The number of rotatable bonds is 8. The van der Waals surface area contributed by atoms with Crippen LogP contribution in [0, 0.1) is 0 Å². The van der Waals surface area contributed by atoms with Crippen molar-refractivity contribution in [3.63, 3.8) is 0 Å². The molecule has 39 heavy (non-hydrogen) atoms. The average Bonchev–Trinajstić information content (AvgIpc) is 3.32. The Morgan fingerprint density at radius 1 is 1.00 bits per heavy atom. The molecule has 0 atom stereocenters. The zero-order valence-corrected chi connectivity index (χ0v) is 24.1. The van der Waals surface area contributed by atoms with E-state index in [9.17, 15) is 9.59 Å². The first-order chi connectivity index (χ1) is 18.9. The van der Waals surface area contributed by atoms with Crippen molar-refractivity contribution in [1.29, 1.82) is 0 Å². The fourth-order valence-electron chi connectivity index (χ4n) is 5.49. The van der Waals surface area contributed by atoms with E-state index in [-0.39, 0.29) is 17.7 Å². The van der Waals surface area contributed by atoms with Gasteiger partial charge in [-0.25, -0.2) is 0 Å². The van der Waals surface area contributed by atoms with Crippen LogP contribution in [-0.2, 0) is 6.54 Å². The van der Waals surface area contributed by atoms with E-state index in [0.717, 1.165) is 58.2 Å². The number of nitrogens with zero attached hydrogens (tertiary/aromatic N) is 1. The van der Waals surface area contributed by atoms with Crippen LogP contribution in [0.4, 0.5) is 0 Å². The predicted octanol–water partition coefficient (Wildman–Crippen LogP) is 7.61. The Kier molecular flexibility index (Phi) is 8.36. The summed E-state index contributed by atoms with van der Waals surface area (Å²) in [6.45, 7) is 1.99. The van der Waals surface area contributed by atoms with Gasteiger partial charge < -0.3 is 15.0 Å². The van der Waals surface area contributed by atoms with Gasteiger partial charge >= 0.3 is 0 Å². The Bertz CT molecular complexity index is 1490. The zero-order chi connectivity index (χ0) is 27.5. The number of thiophene rings is 1. The second-order valence-electron chi connectivity index (χ2n) is 10.1. The third kappa shape index (κ3) is 5.74. The summed E-state index contributed by atoms with van der Waals surface area (Å²) in [5, 5.41) is 4.84. The van der Waals surface area contributed by atoms with Crippen molar-refractivity contribution < 1.29 is 14.3 Å². The molecule has 0 spiro atoms. The van der Waals surface area contributed by atoms with Gasteiger partial charge in [0.15, 0.2) is 5.78 Å². The number of halogens is 1. The summed E-state index contributed by atoms with van der Waals surface area (Å²) in [7, 11) is 3.66. The molecule has 5 nitrogen and oxygen atoms in total. The van der Waals surface area contributed by atoms with Gasteiger partial charge in [0.1, 0.15) is 10.6 Å². The van der Waals surface area contributed by atoms with E-state index in [4.69, 9.17) is 16.3 Å². The summed E-state index contributed by atoms with van der Waals surface area (Å²) in [5.41, 5.74) is 3.63. The maximum Gasteiger partial charge on any atom is 0.266 e. The van der Waals surface area contributed by atoms with Crippen LogP contribution in [0.2, 0.25) is 5.02 Å². The molecule has 0 radical (unpaired) electrons. The summed E-state index contributed by atoms with van der Waals surface area (Å²) < 4.78 is 6.76. The zero-order valence-electron chi connectivity index (χ0n) is 22.5. The Balaban J connectivity index is 1.51. The maximum absolute atomic E-state index is 14.2. The maximum atomic E-state index is 14.2. The number of carbonyl (C=O) groups excluding carboxylic acids is 2. The summed E-state index contributed by atoms with van der Waals surface area (Å²) in [4.78, 5) is 28.5. The van der Waals surface area contributed by atoms with Gasteiger partial charge in [-0.2, -0.15) is 0 Å². The van der Waals surface area contributed by atoms with Gasteiger partial charge in [0, 0.05) is 39.8 Å². The van der Waals surface area contributed by atoms with Crippen molar-refractivity contribution in [1.82, 2.24) is 10.2 Å². The Labute approximate surface area is 238 Å². The number of Topliss-reactive ketones (excluding diaryl/α,β-unsaturated/α-hetero) is 1. The second kappa shape index (κ2) is 11.9. The molecule has 1 N–H and O–H groups in total. The topological polar surface area (TPSA) is 58.6 Å². The van der Waals surface area contributed by atoms with Crippen molar-refractivity contribution in [3.8, 4) is 16.9 Å². The predicted molar refractivity (Wildman–Crippen MR) is 160 cm³/mol. The van der Waals surface area contributed by atoms with E-state index >= 15 is 0 Å². The number of ether oxygens (including phenoxy) is 1. The van der Waals surface area contributed by atoms with Crippen LogP contribution in [-0.4, -0.2) is 42.8 Å². The number of amides is 1. The van der Waals surface area contributed by atoms with Gasteiger partial charge in [-0.1, -0.05) is 60.1 Å². The third-order valence-electron chi connectivity index (χ3n) is 7.78. The number of carbonyl (C=O) groups is 2. The largest absolute Gasteiger partial charge is 0.496 e. The number of hydrogen-bond donors (Lipinski definition) is 1. The van der Waals surface area contributed by atoms with Crippen molar-refractivity contribution >= 4 is 44.7 Å². The molecule has 0 saturated heterocycles. The smallest absolute Gasteiger partial charge is 0.266 e. The molecule has 1 heterocycles. The number of methoxy groups -OCH3 is 1. The molecular weight excluding hydrogens is 528 g/mol. The molecule has 1 aliphatic carbocycles. The van der Waals surface area contributed by atoms with Crippen LogP contribution in [0.5, 0.6) is 5.75 Å². The number of nitrogens with one attached hydrogen (secondary N) is 1. The molecule has 1 aliphatic rings. The van der Waals surface area contributed by atoms with Crippen LogP contribution in [0.25, 0.3) is 21.2 Å². The molecule has 5 rings (SSSR count). The van der Waals surface area contributed by atoms with Crippen LogP contribution in [0.15, 0.2) is 66.7 Å². The molecule has 0 aliphatic heterocycles. The first kappa shape index (κ1) is 27.4. The number of hydrogen-bond acceptors (Lipinski definition) is 5. The number of fused-ring (bicyclic) bond motifs is 1. The van der Waals surface area contributed by atoms with Crippen molar-refractivity contribution in [2.24, 2.45) is 0 Å². The summed E-state index contributed by atoms with van der Waals surface area (Å²) in [5.74, 6) is 0.745. The SMILES string of the molecule is CN[C@H]1CC[C@H](N(Cc2cc(-c3ccc(C(C)=O)cc3)ccc2OC)C(=O)c2sc3ccccc3c2Cl)CC1. The van der Waals surface area contributed by atoms with Crippen molar-refractivity contribution in [2.45, 2.75) is 51.2 Å². The van der Waals surface area contributed by atoms with Gasteiger partial charge in [-0.05, 0) is 69.0 Å². The van der Waals surface area contributed by atoms with Gasteiger partial charge in [0.2, 0.25) is 0 Å². The average molecular weight is 561 g/mol. The van der Waals surface area contributed by atoms with E-state index in [2.05, 4.69) is 11.4 Å². The lowest BCUT2D eigenvalue weighted by atomic mass is 9.89. The normalized spacial score (nSPS) is 17.2. The fraction of sp³-hybridized carbons (Fsp3) is 0.312. The molecule has 1 saturated carbocycles. The highest BCUT2D eigenvalue weighted by atomic mass is 35.5. The van der Waals surface area contributed by atoms with Crippen LogP contribution >= 0.6 is 22.9 Å². The molecule has 1 aromatic heterocycles. The van der Waals surface area contributed by atoms with E-state index in [0.29, 0.717) is 28.0 Å². The second-order valence-corrected chi connectivity index (χ2v) is 11.6. The lowest BCUT2D eigenvalue weighted by Crippen LogP contribution is -2.44. The van der Waals surface area contributed by atoms with E-state index < -0.39 is 0 Å². The minimum Gasteiger partial charge on any atom is -0.496 e. The lowest BCUT2D eigenvalue weighted by Gasteiger charge is -2.37. The van der Waals surface area contributed by atoms with Gasteiger partial charge in [0.25, 0.3) is 5.91 Å². The van der Waals surface area contributed by atoms with E-state index in [1.165, 1.54) is 11.3 Å². The molecule has 7 heteroatoms. The van der Waals surface area contributed by atoms with E-state index in [1.807, 2.05) is 72.6 Å². The lowest BCUT2D eigenvalue weighted by molar-refractivity contribution is 0.0604. The molecule has 202 valence electrons. The summed E-state index contributed by atoms with van der Waals surface area (Å²) in [6, 6.07) is 22.2. The third-order valence-corrected chi connectivity index (χ3v) is 9.44. The molecular formula is C32H33ClN2O3S. The quantitative estimate of drug-likeness (QED) is 0.225. The van der Waals surface area contributed by atoms with Crippen LogP contribution in [0.1, 0.15) is 58.2 Å². The molecule has 4 aromatic rings. The summed E-state index contributed by atoms with van der Waals surface area (Å²) >= 11 is 8.25. The van der Waals surface area contributed by atoms with Gasteiger partial charge in [0.05, 0.1) is 12.1 Å². The monoisotopic (exact) mass is 560 g/mol. The Morgan fingerprint density at radius 2 is 1.69 bits per heavy atom. The van der Waals surface area contributed by atoms with Crippen LogP contribution < -0.4 is 10.1 Å². The molecule has 0 unspecified atom stereocenters. The standard InChI is InChI=1S/C32H33ClN2O3S/c1-20(36)21-8-10-22(11-9-21)23-12-17-28(38-3)24(18-23)19-35(26-15-13-25(34-2)14-16-26)32(37)31-30(33)27-6-4-5-7-29(27)39-31/h4-12,17-18,25-26,34H,13-16,19H2,1-3H3/t25-,26-. The minimum atomic E-state index is -0.0348. The molecule has 0 bridgehead atoms. The first-order valence-corrected chi connectivity index (χ1v) is 14.5. The molecule has 1 fully saturated rings. The van der Waals surface area contributed by atoms with Gasteiger partial charge in [-0.15, -0.1) is 11.3 Å². The Morgan fingerprint density at radius 3 is 2.33 bits per heavy atom. The molecule has 1 amide bonds. The van der Waals surface area contributed by atoms with Crippen LogP contribution in [0.3, 0.4) is 0 Å². The number of ketones is 1. The fourth-order valence-corrected chi connectivity index (χ4v) is 6.96. The summed E-state index contributed by atoms with van der Waals surface area (Å²) in [6.07, 6.45) is 3.89. The van der Waals surface area contributed by atoms with Gasteiger partial charge in [-0.3, -0.25) is 9.59 Å². The Hall–Kier alpha value is -3.19. The molecule has 3 aromatic carbocycles.